The summed E-state index contributed by atoms with van der Waals surface area (Å²) in [6, 6.07) is 14.2. The van der Waals surface area contributed by atoms with Crippen LogP contribution in [0.3, 0.4) is 0 Å². The summed E-state index contributed by atoms with van der Waals surface area (Å²) in [7, 11) is -3.60. The summed E-state index contributed by atoms with van der Waals surface area (Å²) in [5.41, 5.74) is 2.51. The van der Waals surface area contributed by atoms with Gasteiger partial charge in [-0.25, -0.2) is 13.1 Å². The molecule has 1 aliphatic heterocycles. The lowest BCUT2D eigenvalue weighted by atomic mass is 9.87. The van der Waals surface area contributed by atoms with Crippen molar-refractivity contribution >= 4 is 15.9 Å². The van der Waals surface area contributed by atoms with Gasteiger partial charge in [-0.2, -0.15) is 0 Å². The molecule has 168 valence electrons. The Morgan fingerprint density at radius 1 is 0.968 bits per heavy atom. The maximum atomic E-state index is 12.8. The summed E-state index contributed by atoms with van der Waals surface area (Å²) >= 11 is 0. The van der Waals surface area contributed by atoms with E-state index >= 15 is 0 Å². The van der Waals surface area contributed by atoms with Crippen LogP contribution < -0.4 is 4.72 Å². The molecule has 1 amide bonds. The average molecular weight is 443 g/mol. The number of amides is 1. The highest BCUT2D eigenvalue weighted by Gasteiger charge is 2.26. The zero-order valence-electron chi connectivity index (χ0n) is 19.2. The highest BCUT2D eigenvalue weighted by atomic mass is 32.2. The third-order valence-corrected chi connectivity index (χ3v) is 7.27. The number of carbonyl (C=O) groups is 1. The van der Waals surface area contributed by atoms with E-state index in [1.807, 2.05) is 29.2 Å². The third-order valence-electron chi connectivity index (χ3n) is 5.85. The van der Waals surface area contributed by atoms with Gasteiger partial charge in [0, 0.05) is 25.2 Å². The second kappa shape index (κ2) is 9.13. The first-order chi connectivity index (χ1) is 14.5. The van der Waals surface area contributed by atoms with Gasteiger partial charge < -0.3 is 4.90 Å². The molecule has 2 aromatic rings. The van der Waals surface area contributed by atoms with E-state index in [1.54, 1.807) is 24.3 Å². The van der Waals surface area contributed by atoms with E-state index in [2.05, 4.69) is 39.3 Å². The van der Waals surface area contributed by atoms with Crippen LogP contribution in [0.1, 0.15) is 62.5 Å². The fourth-order valence-corrected chi connectivity index (χ4v) is 5.19. The van der Waals surface area contributed by atoms with Crippen molar-refractivity contribution in [2.24, 2.45) is 11.8 Å². The fourth-order valence-electron chi connectivity index (χ4n) is 4.17. The van der Waals surface area contributed by atoms with Crippen LogP contribution in [0.4, 0.5) is 0 Å². The Hall–Kier alpha value is -2.18. The molecule has 1 saturated heterocycles. The number of sulfonamides is 1. The number of hydrogen-bond acceptors (Lipinski definition) is 3. The highest BCUT2D eigenvalue weighted by Crippen LogP contribution is 2.24. The maximum Gasteiger partial charge on any atom is 0.253 e. The lowest BCUT2D eigenvalue weighted by Gasteiger charge is -2.35. The van der Waals surface area contributed by atoms with Crippen LogP contribution in [-0.4, -0.2) is 32.3 Å². The summed E-state index contributed by atoms with van der Waals surface area (Å²) in [6.45, 7) is 12.4. The van der Waals surface area contributed by atoms with Crippen LogP contribution in [0.2, 0.25) is 0 Å². The first-order valence-corrected chi connectivity index (χ1v) is 12.4. The molecule has 5 nitrogen and oxygen atoms in total. The quantitative estimate of drug-likeness (QED) is 0.737. The first-order valence-electron chi connectivity index (χ1n) is 10.9. The van der Waals surface area contributed by atoms with Crippen molar-refractivity contribution in [3.8, 4) is 0 Å². The molecule has 0 saturated carbocycles. The van der Waals surface area contributed by atoms with Gasteiger partial charge in [-0.05, 0) is 59.1 Å². The number of hydrogen-bond donors (Lipinski definition) is 1. The van der Waals surface area contributed by atoms with Gasteiger partial charge in [-0.15, -0.1) is 0 Å². The summed E-state index contributed by atoms with van der Waals surface area (Å²) in [5, 5.41) is 0. The van der Waals surface area contributed by atoms with E-state index in [0.717, 1.165) is 30.6 Å². The average Bonchev–Trinajstić information content (AvgIpc) is 2.71. The Morgan fingerprint density at radius 3 is 2.03 bits per heavy atom. The Morgan fingerprint density at radius 2 is 1.52 bits per heavy atom. The van der Waals surface area contributed by atoms with Gasteiger partial charge >= 0.3 is 0 Å². The maximum absolute atomic E-state index is 12.8. The minimum atomic E-state index is -3.60. The SMILES string of the molecule is C[C@H]1C[C@H](C)CN(C(=O)c2ccc(CNS(=O)(=O)c3ccc(C(C)(C)C)cc3)cc2)C1. The monoisotopic (exact) mass is 442 g/mol. The van der Waals surface area contributed by atoms with Gasteiger partial charge in [0.15, 0.2) is 0 Å². The number of piperidine rings is 1. The van der Waals surface area contributed by atoms with Gasteiger partial charge in [-0.3, -0.25) is 4.79 Å². The molecule has 0 spiro atoms. The molecule has 2 atom stereocenters. The van der Waals surface area contributed by atoms with Crippen molar-refractivity contribution in [1.29, 1.82) is 0 Å². The fraction of sp³-hybridized carbons (Fsp3) is 0.480. The van der Waals surface area contributed by atoms with Crippen molar-refractivity contribution in [3.05, 3.63) is 65.2 Å². The van der Waals surface area contributed by atoms with Crippen LogP contribution in [0, 0.1) is 11.8 Å². The highest BCUT2D eigenvalue weighted by molar-refractivity contribution is 7.89. The number of likely N-dealkylation sites (tertiary alicyclic amines) is 1. The predicted molar refractivity (Wildman–Crippen MR) is 124 cm³/mol. The molecule has 1 heterocycles. The van der Waals surface area contributed by atoms with E-state index in [1.165, 1.54) is 0 Å². The summed E-state index contributed by atoms with van der Waals surface area (Å²) < 4.78 is 27.9. The molecule has 6 heteroatoms. The van der Waals surface area contributed by atoms with Crippen LogP contribution in [0.15, 0.2) is 53.4 Å². The molecule has 0 radical (unpaired) electrons. The van der Waals surface area contributed by atoms with Crippen molar-refractivity contribution < 1.29 is 13.2 Å². The van der Waals surface area contributed by atoms with Crippen molar-refractivity contribution in [1.82, 2.24) is 9.62 Å². The summed E-state index contributed by atoms with van der Waals surface area (Å²) in [4.78, 5) is 15.0. The van der Waals surface area contributed by atoms with E-state index in [0.29, 0.717) is 17.4 Å². The second-order valence-corrected chi connectivity index (χ2v) is 11.7. The van der Waals surface area contributed by atoms with E-state index in [9.17, 15) is 13.2 Å². The molecule has 31 heavy (non-hydrogen) atoms. The molecule has 0 aliphatic carbocycles. The van der Waals surface area contributed by atoms with E-state index < -0.39 is 10.0 Å². The molecule has 1 aliphatic rings. The summed E-state index contributed by atoms with van der Waals surface area (Å²) in [5.74, 6) is 1.07. The topological polar surface area (TPSA) is 66.5 Å². The predicted octanol–water partition coefficient (Wildman–Crippen LogP) is 4.58. The lowest BCUT2D eigenvalue weighted by molar-refractivity contribution is 0.0623. The third kappa shape index (κ3) is 5.95. The number of benzene rings is 2. The van der Waals surface area contributed by atoms with E-state index in [4.69, 9.17) is 0 Å². The minimum Gasteiger partial charge on any atom is -0.338 e. The van der Waals surface area contributed by atoms with Crippen molar-refractivity contribution in [3.63, 3.8) is 0 Å². The Labute approximate surface area is 186 Å². The Kier molecular flexibility index (Phi) is 6.92. The standard InChI is InChI=1S/C25H34N2O3S/c1-18-14-19(2)17-27(16-18)24(28)21-8-6-20(7-9-21)15-26-31(29,30)23-12-10-22(11-13-23)25(3,4)5/h6-13,18-19,26H,14-17H2,1-5H3/t18-,19-/m0/s1. The van der Waals surface area contributed by atoms with Crippen LogP contribution >= 0.6 is 0 Å². The van der Waals surface area contributed by atoms with Gasteiger partial charge in [0.25, 0.3) is 5.91 Å². The zero-order chi connectivity index (χ0) is 22.8. The number of nitrogens with one attached hydrogen (secondary N) is 1. The van der Waals surface area contributed by atoms with Crippen LogP contribution in [-0.2, 0) is 22.0 Å². The normalized spacial score (nSPS) is 20.0. The van der Waals surface area contributed by atoms with Gasteiger partial charge in [-0.1, -0.05) is 58.9 Å². The number of rotatable bonds is 5. The first kappa shape index (κ1) is 23.5. The van der Waals surface area contributed by atoms with Crippen LogP contribution in [0.5, 0.6) is 0 Å². The molecule has 1 N–H and O–H groups in total. The molecule has 3 rings (SSSR count). The largest absolute Gasteiger partial charge is 0.338 e. The summed E-state index contributed by atoms with van der Waals surface area (Å²) in [6.07, 6.45) is 1.15. The molecular weight excluding hydrogens is 408 g/mol. The van der Waals surface area contributed by atoms with Crippen molar-refractivity contribution in [2.75, 3.05) is 13.1 Å². The Balaban J connectivity index is 1.62. The van der Waals surface area contributed by atoms with Crippen LogP contribution in [0.25, 0.3) is 0 Å². The molecule has 0 bridgehead atoms. The van der Waals surface area contributed by atoms with Crippen molar-refractivity contribution in [2.45, 2.75) is 57.9 Å². The van der Waals surface area contributed by atoms with Gasteiger partial charge in [0.1, 0.15) is 0 Å². The zero-order valence-corrected chi connectivity index (χ0v) is 20.0. The smallest absolute Gasteiger partial charge is 0.253 e. The molecular formula is C25H34N2O3S. The van der Waals surface area contributed by atoms with E-state index in [-0.39, 0.29) is 22.8 Å². The van der Waals surface area contributed by atoms with Gasteiger partial charge in [0.2, 0.25) is 10.0 Å². The molecule has 0 aromatic heterocycles. The molecule has 0 unspecified atom stereocenters. The molecule has 1 fully saturated rings. The number of nitrogens with zero attached hydrogens (tertiary/aromatic N) is 1. The second-order valence-electron chi connectivity index (χ2n) is 9.95. The molecule has 2 aromatic carbocycles. The lowest BCUT2D eigenvalue weighted by Crippen LogP contribution is -2.42. The van der Waals surface area contributed by atoms with Gasteiger partial charge in [0.05, 0.1) is 4.90 Å². The number of carbonyl (C=O) groups excluding carboxylic acids is 1. The Bertz CT molecular complexity index is 996. The minimum absolute atomic E-state index is 0.0286.